The normalized spacial score (nSPS) is 17.5. The van der Waals surface area contributed by atoms with Gasteiger partial charge >= 0.3 is 0 Å². The first-order chi connectivity index (χ1) is 10.5. The SMILES string of the molecule is CC(C)c1c(-c2ccc(F)cc2F)nn2c1OCC(CO)C2. The van der Waals surface area contributed by atoms with Crippen molar-refractivity contribution < 1.29 is 18.6 Å². The summed E-state index contributed by atoms with van der Waals surface area (Å²) in [6.07, 6.45) is 0. The maximum atomic E-state index is 14.1. The van der Waals surface area contributed by atoms with E-state index in [0.29, 0.717) is 24.7 Å². The van der Waals surface area contributed by atoms with Gasteiger partial charge in [-0.25, -0.2) is 13.5 Å². The third-order valence-corrected chi connectivity index (χ3v) is 3.85. The van der Waals surface area contributed by atoms with E-state index in [1.807, 2.05) is 13.8 Å². The maximum absolute atomic E-state index is 14.1. The topological polar surface area (TPSA) is 47.3 Å². The van der Waals surface area contributed by atoms with Gasteiger partial charge in [0, 0.05) is 23.1 Å². The Morgan fingerprint density at radius 1 is 1.41 bits per heavy atom. The lowest BCUT2D eigenvalue weighted by Crippen LogP contribution is -2.28. The highest BCUT2D eigenvalue weighted by Crippen LogP contribution is 2.39. The molecule has 0 aliphatic carbocycles. The van der Waals surface area contributed by atoms with Crippen LogP contribution in [0.3, 0.4) is 0 Å². The van der Waals surface area contributed by atoms with E-state index in [1.54, 1.807) is 4.68 Å². The van der Waals surface area contributed by atoms with Crippen molar-refractivity contribution in [1.82, 2.24) is 9.78 Å². The zero-order chi connectivity index (χ0) is 15.9. The number of nitrogens with zero attached hydrogens (tertiary/aromatic N) is 2. The van der Waals surface area contributed by atoms with Gasteiger partial charge in [-0.05, 0) is 18.1 Å². The van der Waals surface area contributed by atoms with Crippen molar-refractivity contribution in [3.05, 3.63) is 35.4 Å². The van der Waals surface area contributed by atoms with Gasteiger partial charge in [0.05, 0.1) is 19.8 Å². The molecule has 1 aromatic carbocycles. The van der Waals surface area contributed by atoms with Crippen LogP contribution >= 0.6 is 0 Å². The number of aliphatic hydroxyl groups excluding tert-OH is 1. The number of hydrogen-bond acceptors (Lipinski definition) is 3. The Kier molecular flexibility index (Phi) is 3.87. The summed E-state index contributed by atoms with van der Waals surface area (Å²) >= 11 is 0. The second-order valence-electron chi connectivity index (χ2n) is 5.89. The number of benzene rings is 1. The summed E-state index contributed by atoms with van der Waals surface area (Å²) in [5.41, 5.74) is 1.54. The van der Waals surface area contributed by atoms with E-state index in [1.165, 1.54) is 12.1 Å². The van der Waals surface area contributed by atoms with Crippen LogP contribution in [0.25, 0.3) is 11.3 Å². The van der Waals surface area contributed by atoms with E-state index in [4.69, 9.17) is 4.74 Å². The lowest BCUT2D eigenvalue weighted by Gasteiger charge is -2.23. The molecule has 3 rings (SSSR count). The molecule has 22 heavy (non-hydrogen) atoms. The zero-order valence-electron chi connectivity index (χ0n) is 12.5. The first-order valence-electron chi connectivity index (χ1n) is 7.31. The number of hydrogen-bond donors (Lipinski definition) is 1. The highest BCUT2D eigenvalue weighted by Gasteiger charge is 2.29. The molecule has 1 aromatic heterocycles. The van der Waals surface area contributed by atoms with Gasteiger partial charge in [0.15, 0.2) is 0 Å². The van der Waals surface area contributed by atoms with Gasteiger partial charge < -0.3 is 9.84 Å². The summed E-state index contributed by atoms with van der Waals surface area (Å²) in [5.74, 6) is -0.602. The van der Waals surface area contributed by atoms with Crippen molar-refractivity contribution in [2.75, 3.05) is 13.2 Å². The van der Waals surface area contributed by atoms with Crippen LogP contribution in [0.15, 0.2) is 18.2 Å². The monoisotopic (exact) mass is 308 g/mol. The second-order valence-corrected chi connectivity index (χ2v) is 5.89. The lowest BCUT2D eigenvalue weighted by molar-refractivity contribution is 0.107. The van der Waals surface area contributed by atoms with Gasteiger partial charge in [-0.1, -0.05) is 13.8 Å². The van der Waals surface area contributed by atoms with Gasteiger partial charge in [-0.3, -0.25) is 0 Å². The zero-order valence-corrected chi connectivity index (χ0v) is 12.5. The van der Waals surface area contributed by atoms with Crippen molar-refractivity contribution in [3.8, 4) is 17.1 Å². The fourth-order valence-electron chi connectivity index (χ4n) is 2.74. The van der Waals surface area contributed by atoms with E-state index in [0.717, 1.165) is 11.6 Å². The predicted molar refractivity (Wildman–Crippen MR) is 77.7 cm³/mol. The minimum atomic E-state index is -0.643. The molecule has 0 saturated carbocycles. The molecular weight excluding hydrogens is 290 g/mol. The Hall–Kier alpha value is -1.95. The second kappa shape index (κ2) is 5.68. The highest BCUT2D eigenvalue weighted by molar-refractivity contribution is 5.67. The van der Waals surface area contributed by atoms with Crippen LogP contribution in [0.2, 0.25) is 0 Å². The maximum Gasteiger partial charge on any atom is 0.215 e. The molecule has 6 heteroatoms. The Morgan fingerprint density at radius 3 is 2.82 bits per heavy atom. The number of rotatable bonds is 3. The molecule has 1 atom stereocenters. The minimum Gasteiger partial charge on any atom is -0.477 e. The van der Waals surface area contributed by atoms with Crippen LogP contribution in [-0.4, -0.2) is 28.1 Å². The number of ether oxygens (including phenoxy) is 1. The quantitative estimate of drug-likeness (QED) is 0.948. The standard InChI is InChI=1S/C16H18F2N2O2/c1-9(2)14-15(12-4-3-11(17)5-13(12)18)19-20-6-10(7-21)8-22-16(14)20/h3-5,9-10,21H,6-8H2,1-2H3. The van der Waals surface area contributed by atoms with Crippen molar-refractivity contribution in [1.29, 1.82) is 0 Å². The molecule has 0 bridgehead atoms. The predicted octanol–water partition coefficient (Wildman–Crippen LogP) is 2.95. The lowest BCUT2D eigenvalue weighted by atomic mass is 9.98. The van der Waals surface area contributed by atoms with Gasteiger partial charge in [0.25, 0.3) is 0 Å². The Morgan fingerprint density at radius 2 is 2.18 bits per heavy atom. The smallest absolute Gasteiger partial charge is 0.215 e. The van der Waals surface area contributed by atoms with Gasteiger partial charge in [-0.2, -0.15) is 5.10 Å². The van der Waals surface area contributed by atoms with E-state index in [9.17, 15) is 13.9 Å². The van der Waals surface area contributed by atoms with Gasteiger partial charge in [0.1, 0.15) is 17.3 Å². The van der Waals surface area contributed by atoms with Crippen LogP contribution in [0.5, 0.6) is 5.88 Å². The first kappa shape index (κ1) is 15.0. The molecule has 1 aliphatic heterocycles. The van der Waals surface area contributed by atoms with Crippen molar-refractivity contribution in [2.24, 2.45) is 5.92 Å². The number of aliphatic hydroxyl groups is 1. The van der Waals surface area contributed by atoms with E-state index in [2.05, 4.69) is 5.10 Å². The molecular formula is C16H18F2N2O2. The fraction of sp³-hybridized carbons (Fsp3) is 0.438. The molecule has 1 aliphatic rings. The Bertz CT molecular complexity index is 698. The molecule has 2 aromatic rings. The third-order valence-electron chi connectivity index (χ3n) is 3.85. The summed E-state index contributed by atoms with van der Waals surface area (Å²) < 4.78 is 34.6. The van der Waals surface area contributed by atoms with Crippen LogP contribution < -0.4 is 4.74 Å². The summed E-state index contributed by atoms with van der Waals surface area (Å²) in [6, 6.07) is 3.47. The minimum absolute atomic E-state index is 0.0105. The van der Waals surface area contributed by atoms with Gasteiger partial charge in [-0.15, -0.1) is 0 Å². The average Bonchev–Trinajstić information content (AvgIpc) is 2.85. The molecule has 2 heterocycles. The molecule has 0 fully saturated rings. The van der Waals surface area contributed by atoms with E-state index in [-0.39, 0.29) is 24.0 Å². The summed E-state index contributed by atoms with van der Waals surface area (Å²) in [5, 5.41) is 13.7. The average molecular weight is 308 g/mol. The number of halogens is 2. The van der Waals surface area contributed by atoms with Crippen LogP contribution in [0.4, 0.5) is 8.78 Å². The molecule has 0 saturated heterocycles. The first-order valence-corrected chi connectivity index (χ1v) is 7.31. The van der Waals surface area contributed by atoms with E-state index >= 15 is 0 Å². The van der Waals surface area contributed by atoms with Crippen molar-refractivity contribution in [3.63, 3.8) is 0 Å². The summed E-state index contributed by atoms with van der Waals surface area (Å²) in [4.78, 5) is 0. The van der Waals surface area contributed by atoms with Crippen LogP contribution in [0.1, 0.15) is 25.3 Å². The fourth-order valence-corrected chi connectivity index (χ4v) is 2.74. The van der Waals surface area contributed by atoms with Crippen LogP contribution in [0, 0.1) is 17.6 Å². The molecule has 4 nitrogen and oxygen atoms in total. The van der Waals surface area contributed by atoms with Crippen molar-refractivity contribution >= 4 is 0 Å². The highest BCUT2D eigenvalue weighted by atomic mass is 19.1. The Balaban J connectivity index is 2.13. The molecule has 0 radical (unpaired) electrons. The van der Waals surface area contributed by atoms with Gasteiger partial charge in [0.2, 0.25) is 5.88 Å². The third kappa shape index (κ3) is 2.47. The molecule has 118 valence electrons. The molecule has 1 N–H and O–H groups in total. The summed E-state index contributed by atoms with van der Waals surface area (Å²) in [6.45, 7) is 4.90. The van der Waals surface area contributed by atoms with E-state index < -0.39 is 11.6 Å². The largest absolute Gasteiger partial charge is 0.477 e. The molecule has 0 amide bonds. The van der Waals surface area contributed by atoms with Crippen LogP contribution in [-0.2, 0) is 6.54 Å². The molecule has 0 spiro atoms. The molecule has 1 unspecified atom stereocenters. The Labute approximate surface area is 127 Å². The number of fused-ring (bicyclic) bond motifs is 1. The number of aromatic nitrogens is 2. The summed E-state index contributed by atoms with van der Waals surface area (Å²) in [7, 11) is 0. The van der Waals surface area contributed by atoms with Crippen molar-refractivity contribution in [2.45, 2.75) is 26.3 Å².